The first-order valence-electron chi connectivity index (χ1n) is 7.28. The summed E-state index contributed by atoms with van der Waals surface area (Å²) in [6, 6.07) is 1.98. The first-order chi connectivity index (χ1) is 9.65. The maximum absolute atomic E-state index is 5.51. The molecule has 2 heterocycles. The average Bonchev–Trinajstić information content (AvgIpc) is 2.76. The predicted octanol–water partition coefficient (Wildman–Crippen LogP) is 2.33. The van der Waals surface area contributed by atoms with Crippen molar-refractivity contribution >= 4 is 5.65 Å². The van der Waals surface area contributed by atoms with Crippen molar-refractivity contribution in [2.24, 2.45) is 0 Å². The van der Waals surface area contributed by atoms with Crippen LogP contribution in [0.3, 0.4) is 0 Å². The molecule has 0 atom stereocenters. The van der Waals surface area contributed by atoms with Gasteiger partial charge in [0.2, 0.25) is 0 Å². The van der Waals surface area contributed by atoms with E-state index in [9.17, 15) is 0 Å². The Balaban J connectivity index is 1.68. The third kappa shape index (κ3) is 4.58. The minimum Gasteiger partial charge on any atom is -0.379 e. The summed E-state index contributed by atoms with van der Waals surface area (Å²) < 4.78 is 7.34. The highest BCUT2D eigenvalue weighted by Crippen LogP contribution is 2.04. The smallest absolute Gasteiger partial charge is 0.155 e. The van der Waals surface area contributed by atoms with E-state index >= 15 is 0 Å². The zero-order valence-electron chi connectivity index (χ0n) is 12.6. The van der Waals surface area contributed by atoms with Crippen LogP contribution in [0.5, 0.6) is 0 Å². The van der Waals surface area contributed by atoms with Crippen LogP contribution in [0.15, 0.2) is 18.5 Å². The van der Waals surface area contributed by atoms with Crippen LogP contribution in [-0.2, 0) is 11.3 Å². The van der Waals surface area contributed by atoms with Crippen LogP contribution in [0.25, 0.3) is 5.65 Å². The van der Waals surface area contributed by atoms with Gasteiger partial charge in [-0.2, -0.15) is 5.10 Å². The maximum Gasteiger partial charge on any atom is 0.155 e. The normalized spacial score (nSPS) is 11.6. The van der Waals surface area contributed by atoms with Gasteiger partial charge in [-0.15, -0.1) is 0 Å². The van der Waals surface area contributed by atoms with Crippen LogP contribution in [0.1, 0.15) is 37.9 Å². The van der Waals surface area contributed by atoms with Gasteiger partial charge in [-0.1, -0.05) is 0 Å². The van der Waals surface area contributed by atoms with Crippen LogP contribution in [0.4, 0.5) is 0 Å². The molecule has 1 N–H and O–H groups in total. The molecule has 2 aromatic heterocycles. The quantitative estimate of drug-likeness (QED) is 0.752. The number of aryl methyl sites for hydroxylation is 1. The number of unbranched alkanes of at least 4 members (excludes halogenated alkanes) is 1. The van der Waals surface area contributed by atoms with Gasteiger partial charge in [-0.25, -0.2) is 9.50 Å². The predicted molar refractivity (Wildman–Crippen MR) is 79.8 cm³/mol. The number of rotatable bonds is 8. The summed E-state index contributed by atoms with van der Waals surface area (Å²) in [7, 11) is 0. The highest BCUT2D eigenvalue weighted by Gasteiger charge is 2.00. The van der Waals surface area contributed by atoms with E-state index in [0.29, 0.717) is 6.10 Å². The molecule has 0 radical (unpaired) electrons. The molecule has 20 heavy (non-hydrogen) atoms. The van der Waals surface area contributed by atoms with Gasteiger partial charge < -0.3 is 10.1 Å². The molecule has 2 aromatic rings. The summed E-state index contributed by atoms with van der Waals surface area (Å²) in [4.78, 5) is 4.39. The number of hydrogen-bond acceptors (Lipinski definition) is 4. The molecule has 0 saturated heterocycles. The molecular weight excluding hydrogens is 252 g/mol. The van der Waals surface area contributed by atoms with Gasteiger partial charge >= 0.3 is 0 Å². The van der Waals surface area contributed by atoms with Gasteiger partial charge in [-0.3, -0.25) is 0 Å². The molecule has 0 amide bonds. The number of nitrogens with zero attached hydrogens (tertiary/aromatic N) is 3. The highest BCUT2D eigenvalue weighted by molar-refractivity contribution is 5.38. The lowest BCUT2D eigenvalue weighted by atomic mass is 10.3. The summed E-state index contributed by atoms with van der Waals surface area (Å²) in [6.45, 7) is 8.78. The number of nitrogens with one attached hydrogen (secondary N) is 1. The van der Waals surface area contributed by atoms with Crippen molar-refractivity contribution in [3.63, 3.8) is 0 Å². The highest BCUT2D eigenvalue weighted by atomic mass is 16.5. The Morgan fingerprint density at radius 3 is 3.00 bits per heavy atom. The Hall–Kier alpha value is -1.46. The third-order valence-electron chi connectivity index (χ3n) is 3.02. The fraction of sp³-hybridized carbons (Fsp3) is 0.600. The summed E-state index contributed by atoms with van der Waals surface area (Å²) in [5.41, 5.74) is 3.05. The molecule has 0 aliphatic rings. The van der Waals surface area contributed by atoms with Gasteiger partial charge in [0.15, 0.2) is 5.65 Å². The maximum atomic E-state index is 5.51. The van der Waals surface area contributed by atoms with E-state index in [-0.39, 0.29) is 0 Å². The molecule has 5 nitrogen and oxygen atoms in total. The fourth-order valence-corrected chi connectivity index (χ4v) is 2.03. The lowest BCUT2D eigenvalue weighted by molar-refractivity contribution is 0.0760. The molecule has 0 unspecified atom stereocenters. The Morgan fingerprint density at radius 1 is 1.35 bits per heavy atom. The van der Waals surface area contributed by atoms with E-state index in [4.69, 9.17) is 4.74 Å². The van der Waals surface area contributed by atoms with Crippen molar-refractivity contribution < 1.29 is 4.74 Å². The van der Waals surface area contributed by atoms with Crippen LogP contribution < -0.4 is 5.32 Å². The second-order valence-electron chi connectivity index (χ2n) is 5.35. The first kappa shape index (κ1) is 14.9. The van der Waals surface area contributed by atoms with Crippen LogP contribution in [0.2, 0.25) is 0 Å². The van der Waals surface area contributed by atoms with E-state index in [1.807, 2.05) is 29.9 Å². The zero-order chi connectivity index (χ0) is 14.4. The Bertz CT molecular complexity index is 536. The molecule has 0 spiro atoms. The van der Waals surface area contributed by atoms with E-state index in [0.717, 1.165) is 49.4 Å². The molecule has 0 aliphatic heterocycles. The lowest BCUT2D eigenvalue weighted by Crippen LogP contribution is -2.16. The summed E-state index contributed by atoms with van der Waals surface area (Å²) in [6.07, 6.45) is 6.50. The zero-order valence-corrected chi connectivity index (χ0v) is 12.6. The standard InChI is InChI=1S/C15H24N4O/c1-12(2)20-7-5-4-6-16-9-14-10-17-15-8-13(3)18-19(15)11-14/h8,10-12,16H,4-7,9H2,1-3H3. The first-order valence-corrected chi connectivity index (χ1v) is 7.28. The van der Waals surface area contributed by atoms with Gasteiger partial charge in [0.1, 0.15) is 0 Å². The van der Waals surface area contributed by atoms with Crippen molar-refractivity contribution in [3.8, 4) is 0 Å². The van der Waals surface area contributed by atoms with Gasteiger partial charge in [0.05, 0.1) is 11.8 Å². The SMILES string of the molecule is Cc1cc2ncc(CNCCCCOC(C)C)cn2n1. The second kappa shape index (κ2) is 7.36. The lowest BCUT2D eigenvalue weighted by Gasteiger charge is -2.08. The summed E-state index contributed by atoms with van der Waals surface area (Å²) in [5.74, 6) is 0. The minimum absolute atomic E-state index is 0.332. The molecule has 2 rings (SSSR count). The average molecular weight is 276 g/mol. The molecule has 5 heteroatoms. The van der Waals surface area contributed by atoms with Gasteiger partial charge in [-0.05, 0) is 40.2 Å². The molecule has 0 aromatic carbocycles. The van der Waals surface area contributed by atoms with E-state index < -0.39 is 0 Å². The summed E-state index contributed by atoms with van der Waals surface area (Å²) >= 11 is 0. The minimum atomic E-state index is 0.332. The topological polar surface area (TPSA) is 51.5 Å². The Kier molecular flexibility index (Phi) is 5.49. The van der Waals surface area contributed by atoms with Crippen molar-refractivity contribution in [3.05, 3.63) is 29.7 Å². The van der Waals surface area contributed by atoms with Gasteiger partial charge in [0, 0.05) is 37.2 Å². The summed E-state index contributed by atoms with van der Waals surface area (Å²) in [5, 5.41) is 7.79. The largest absolute Gasteiger partial charge is 0.379 e. The second-order valence-corrected chi connectivity index (χ2v) is 5.35. The van der Waals surface area contributed by atoms with Crippen molar-refractivity contribution in [2.45, 2.75) is 46.3 Å². The molecule has 110 valence electrons. The van der Waals surface area contributed by atoms with Crippen molar-refractivity contribution in [2.75, 3.05) is 13.2 Å². The van der Waals surface area contributed by atoms with E-state index in [2.05, 4.69) is 29.2 Å². The molecule has 0 saturated carbocycles. The number of fused-ring (bicyclic) bond motifs is 1. The molecule has 0 fully saturated rings. The van der Waals surface area contributed by atoms with E-state index in [1.165, 1.54) is 0 Å². The Labute approximate surface area is 120 Å². The number of aromatic nitrogens is 3. The molecular formula is C15H24N4O. The molecule has 0 bridgehead atoms. The number of hydrogen-bond donors (Lipinski definition) is 1. The monoisotopic (exact) mass is 276 g/mol. The van der Waals surface area contributed by atoms with Crippen molar-refractivity contribution in [1.29, 1.82) is 0 Å². The van der Waals surface area contributed by atoms with E-state index in [1.54, 1.807) is 0 Å². The van der Waals surface area contributed by atoms with Crippen LogP contribution >= 0.6 is 0 Å². The van der Waals surface area contributed by atoms with Gasteiger partial charge in [0.25, 0.3) is 0 Å². The van der Waals surface area contributed by atoms with Crippen molar-refractivity contribution in [1.82, 2.24) is 19.9 Å². The molecule has 0 aliphatic carbocycles. The Morgan fingerprint density at radius 2 is 2.20 bits per heavy atom. The number of ether oxygens (including phenoxy) is 1. The van der Waals surface area contributed by atoms with Crippen LogP contribution in [-0.4, -0.2) is 33.9 Å². The fourth-order valence-electron chi connectivity index (χ4n) is 2.03. The third-order valence-corrected chi connectivity index (χ3v) is 3.02. The van der Waals surface area contributed by atoms with Crippen LogP contribution in [0, 0.1) is 6.92 Å².